The van der Waals surface area contributed by atoms with Crippen molar-refractivity contribution < 1.29 is 23.0 Å². The normalized spacial score (nSPS) is 12.6. The summed E-state index contributed by atoms with van der Waals surface area (Å²) >= 11 is 0. The third kappa shape index (κ3) is 3.15. The van der Waals surface area contributed by atoms with Crippen molar-refractivity contribution in [3.8, 4) is 0 Å². The first-order chi connectivity index (χ1) is 10.9. The lowest BCUT2D eigenvalue weighted by Crippen LogP contribution is -2.34. The van der Waals surface area contributed by atoms with E-state index in [2.05, 4.69) is 5.10 Å². The number of aromatic nitrogens is 1. The van der Waals surface area contributed by atoms with Gasteiger partial charge in [0.25, 0.3) is 0 Å². The van der Waals surface area contributed by atoms with E-state index < -0.39 is 17.6 Å². The smallest absolute Gasteiger partial charge is 0.416 e. The molecular weight excluding hydrogens is 305 g/mol. The zero-order chi connectivity index (χ0) is 16.4. The highest BCUT2D eigenvalue weighted by molar-refractivity contribution is 5.90. The first-order valence-corrected chi connectivity index (χ1v) is 6.78. The number of benzene rings is 2. The van der Waals surface area contributed by atoms with Crippen LogP contribution in [0, 0.1) is 0 Å². The molecule has 1 heterocycles. The molecule has 23 heavy (non-hydrogen) atoms. The third-order valence-electron chi connectivity index (χ3n) is 3.34. The summed E-state index contributed by atoms with van der Waals surface area (Å²) < 4.78 is 39.0. The van der Waals surface area contributed by atoms with E-state index in [-0.39, 0.29) is 5.56 Å². The average Bonchev–Trinajstić information content (AvgIpc) is 2.54. The molecule has 0 N–H and O–H groups in total. The maximum absolute atomic E-state index is 12.5. The molecule has 0 saturated heterocycles. The predicted octanol–water partition coefficient (Wildman–Crippen LogP) is 2.72. The Bertz CT molecular complexity index is 866. The topological polar surface area (TPSA) is 39.3 Å². The van der Waals surface area contributed by atoms with Gasteiger partial charge in [0.2, 0.25) is 11.7 Å². The van der Waals surface area contributed by atoms with E-state index >= 15 is 0 Å². The Morgan fingerprint density at radius 1 is 0.913 bits per heavy atom. The van der Waals surface area contributed by atoms with Gasteiger partial charge in [0.05, 0.1) is 11.5 Å². The average molecular weight is 316 g/mol. The SMILES string of the molecule is [O-]/C(=N\[n+]1cccc2ccccc21)c1ccc(C(F)(F)F)cc1. The third-order valence-corrected chi connectivity index (χ3v) is 3.34. The van der Waals surface area contributed by atoms with Crippen LogP contribution in [0.15, 0.2) is 72.0 Å². The molecular formula is C17H11F3N2O. The van der Waals surface area contributed by atoms with Crippen molar-refractivity contribution in [2.75, 3.05) is 0 Å². The quantitative estimate of drug-likeness (QED) is 0.407. The van der Waals surface area contributed by atoms with E-state index in [0.29, 0.717) is 0 Å². The Morgan fingerprint density at radius 2 is 1.57 bits per heavy atom. The Balaban J connectivity index is 1.98. The number of pyridine rings is 1. The van der Waals surface area contributed by atoms with Crippen molar-refractivity contribution >= 4 is 16.8 Å². The van der Waals surface area contributed by atoms with Crippen LogP contribution in [0.5, 0.6) is 0 Å². The lowest BCUT2D eigenvalue weighted by molar-refractivity contribution is -0.655. The number of para-hydroxylation sites is 1. The van der Waals surface area contributed by atoms with Crippen LogP contribution >= 0.6 is 0 Å². The fourth-order valence-corrected chi connectivity index (χ4v) is 2.19. The Morgan fingerprint density at radius 3 is 2.26 bits per heavy atom. The van der Waals surface area contributed by atoms with Gasteiger partial charge in [-0.05, 0) is 34.9 Å². The summed E-state index contributed by atoms with van der Waals surface area (Å²) in [6.07, 6.45) is -2.81. The highest BCUT2D eigenvalue weighted by atomic mass is 19.4. The largest absolute Gasteiger partial charge is 0.854 e. The Kier molecular flexibility index (Phi) is 3.73. The minimum atomic E-state index is -4.43. The maximum Gasteiger partial charge on any atom is 0.416 e. The van der Waals surface area contributed by atoms with Gasteiger partial charge in [0, 0.05) is 17.5 Å². The summed E-state index contributed by atoms with van der Waals surface area (Å²) in [4.78, 5) is 0. The van der Waals surface area contributed by atoms with Gasteiger partial charge in [-0.15, -0.1) is 0 Å². The predicted molar refractivity (Wildman–Crippen MR) is 77.5 cm³/mol. The van der Waals surface area contributed by atoms with E-state index in [9.17, 15) is 18.3 Å². The summed E-state index contributed by atoms with van der Waals surface area (Å²) in [6, 6.07) is 15.0. The molecule has 3 rings (SSSR count). The molecule has 6 heteroatoms. The molecule has 2 aromatic carbocycles. The molecule has 3 nitrogen and oxygen atoms in total. The number of hydrogen-bond acceptors (Lipinski definition) is 2. The summed E-state index contributed by atoms with van der Waals surface area (Å²) in [5, 5.41) is 17.0. The van der Waals surface area contributed by atoms with Gasteiger partial charge >= 0.3 is 6.18 Å². The van der Waals surface area contributed by atoms with Crippen molar-refractivity contribution in [2.24, 2.45) is 5.10 Å². The second kappa shape index (κ2) is 5.72. The first kappa shape index (κ1) is 15.0. The van der Waals surface area contributed by atoms with Crippen LogP contribution < -0.4 is 9.78 Å². The summed E-state index contributed by atoms with van der Waals surface area (Å²) in [6.45, 7) is 0. The first-order valence-electron chi connectivity index (χ1n) is 6.78. The van der Waals surface area contributed by atoms with Crippen LogP contribution in [0.3, 0.4) is 0 Å². The van der Waals surface area contributed by atoms with Gasteiger partial charge < -0.3 is 5.11 Å². The van der Waals surface area contributed by atoms with Crippen LogP contribution in [0.25, 0.3) is 10.9 Å². The van der Waals surface area contributed by atoms with Crippen LogP contribution in [0.2, 0.25) is 0 Å². The van der Waals surface area contributed by atoms with Crippen molar-refractivity contribution in [1.82, 2.24) is 0 Å². The summed E-state index contributed by atoms with van der Waals surface area (Å²) in [7, 11) is 0. The maximum atomic E-state index is 12.5. The van der Waals surface area contributed by atoms with Crippen LogP contribution in [0.4, 0.5) is 13.2 Å². The van der Waals surface area contributed by atoms with Crippen LogP contribution in [0.1, 0.15) is 11.1 Å². The lowest BCUT2D eigenvalue weighted by atomic mass is 10.1. The minimum absolute atomic E-state index is 0.0958. The van der Waals surface area contributed by atoms with E-state index in [1.165, 1.54) is 4.68 Å². The molecule has 0 radical (unpaired) electrons. The Labute approximate surface area is 129 Å². The van der Waals surface area contributed by atoms with E-state index in [0.717, 1.165) is 35.2 Å². The highest BCUT2D eigenvalue weighted by Crippen LogP contribution is 2.28. The molecule has 0 fully saturated rings. The van der Waals surface area contributed by atoms with Crippen molar-refractivity contribution in [3.05, 3.63) is 78.0 Å². The van der Waals surface area contributed by atoms with Gasteiger partial charge in [-0.3, -0.25) is 0 Å². The lowest BCUT2D eigenvalue weighted by Gasteiger charge is -2.10. The monoisotopic (exact) mass is 316 g/mol. The molecule has 116 valence electrons. The van der Waals surface area contributed by atoms with E-state index in [1.54, 1.807) is 18.3 Å². The number of nitrogens with zero attached hydrogens (tertiary/aromatic N) is 2. The zero-order valence-electron chi connectivity index (χ0n) is 11.8. The van der Waals surface area contributed by atoms with Crippen molar-refractivity contribution in [1.29, 1.82) is 0 Å². The number of rotatable bonds is 2. The molecule has 0 saturated carbocycles. The molecule has 0 amide bonds. The van der Waals surface area contributed by atoms with E-state index in [1.807, 2.05) is 24.3 Å². The fourth-order valence-electron chi connectivity index (χ4n) is 2.19. The van der Waals surface area contributed by atoms with Crippen molar-refractivity contribution in [2.45, 2.75) is 6.18 Å². The van der Waals surface area contributed by atoms with Gasteiger partial charge in [-0.25, -0.2) is 0 Å². The summed E-state index contributed by atoms with van der Waals surface area (Å²) in [5.41, 5.74) is 0.0283. The van der Waals surface area contributed by atoms with Gasteiger partial charge in [0.15, 0.2) is 0 Å². The standard InChI is InChI=1S/C17H11F3N2O/c18-17(19,20)14-9-7-13(8-10-14)16(23)21-22-11-3-5-12-4-1-2-6-15(12)22/h1-11H. The number of halogens is 3. The number of alkyl halides is 3. The molecule has 0 bridgehead atoms. The fraction of sp³-hybridized carbons (Fsp3) is 0.0588. The number of fused-ring (bicyclic) bond motifs is 1. The molecule has 0 aliphatic rings. The van der Waals surface area contributed by atoms with Gasteiger partial charge in [-0.1, -0.05) is 28.9 Å². The second-order valence-electron chi connectivity index (χ2n) is 4.89. The molecule has 0 unspecified atom stereocenters. The molecule has 0 aliphatic carbocycles. The van der Waals surface area contributed by atoms with E-state index in [4.69, 9.17) is 0 Å². The Hall–Kier alpha value is -2.89. The molecule has 1 aromatic heterocycles. The molecule has 0 aliphatic heterocycles. The van der Waals surface area contributed by atoms with Crippen molar-refractivity contribution in [3.63, 3.8) is 0 Å². The van der Waals surface area contributed by atoms with Gasteiger partial charge in [0.1, 0.15) is 0 Å². The van der Waals surface area contributed by atoms with Gasteiger partial charge in [-0.2, -0.15) is 13.2 Å². The zero-order valence-corrected chi connectivity index (χ0v) is 11.8. The highest BCUT2D eigenvalue weighted by Gasteiger charge is 2.29. The van der Waals surface area contributed by atoms with Crippen LogP contribution in [-0.4, -0.2) is 5.90 Å². The van der Waals surface area contributed by atoms with Crippen LogP contribution in [-0.2, 0) is 6.18 Å². The summed E-state index contributed by atoms with van der Waals surface area (Å²) in [5.74, 6) is -0.611. The second-order valence-corrected chi connectivity index (χ2v) is 4.89. The minimum Gasteiger partial charge on any atom is -0.854 e. The molecule has 0 spiro atoms. The molecule has 0 atom stereocenters. The molecule has 3 aromatic rings. The number of hydrogen-bond donors (Lipinski definition) is 0.